The van der Waals surface area contributed by atoms with Crippen molar-refractivity contribution >= 4 is 21.4 Å². The predicted molar refractivity (Wildman–Crippen MR) is 83.8 cm³/mol. The van der Waals surface area contributed by atoms with E-state index in [2.05, 4.69) is 53.4 Å². The lowest BCUT2D eigenvalue weighted by Crippen LogP contribution is -2.18. The van der Waals surface area contributed by atoms with Crippen molar-refractivity contribution in [2.75, 3.05) is 0 Å². The molecule has 0 radical (unpaired) electrons. The van der Waals surface area contributed by atoms with Crippen LogP contribution in [0.25, 0.3) is 10.1 Å². The molecule has 102 valence electrons. The van der Waals surface area contributed by atoms with Gasteiger partial charge in [-0.2, -0.15) is 0 Å². The van der Waals surface area contributed by atoms with Gasteiger partial charge in [0.15, 0.2) is 0 Å². The van der Waals surface area contributed by atoms with E-state index in [1.807, 2.05) is 17.4 Å². The van der Waals surface area contributed by atoms with Crippen molar-refractivity contribution < 1.29 is 0 Å². The highest BCUT2D eigenvalue weighted by molar-refractivity contribution is 7.19. The number of fused-ring (bicyclic) bond motifs is 1. The number of nitrogens with zero attached hydrogens (tertiary/aromatic N) is 2. The van der Waals surface area contributed by atoms with E-state index in [-0.39, 0.29) is 0 Å². The van der Waals surface area contributed by atoms with E-state index in [1.54, 1.807) is 12.5 Å². The summed E-state index contributed by atoms with van der Waals surface area (Å²) in [6, 6.07) is 10.8. The van der Waals surface area contributed by atoms with Crippen molar-refractivity contribution in [1.29, 1.82) is 0 Å². The number of aromatic nitrogens is 2. The molecule has 0 aliphatic carbocycles. The highest BCUT2D eigenvalue weighted by atomic mass is 32.1. The van der Waals surface area contributed by atoms with E-state index in [0.29, 0.717) is 6.04 Å². The summed E-state index contributed by atoms with van der Waals surface area (Å²) in [6.07, 6.45) is 3.37. The third kappa shape index (κ3) is 2.57. The van der Waals surface area contributed by atoms with E-state index in [9.17, 15) is 0 Å². The molecule has 0 aliphatic heterocycles. The van der Waals surface area contributed by atoms with Crippen LogP contribution in [0.3, 0.4) is 0 Å². The molecule has 0 fully saturated rings. The number of nitrogens with one attached hydrogen (secondary N) is 1. The van der Waals surface area contributed by atoms with Crippen LogP contribution in [0.5, 0.6) is 0 Å². The Morgan fingerprint density at radius 3 is 2.85 bits per heavy atom. The van der Waals surface area contributed by atoms with Crippen molar-refractivity contribution in [3.8, 4) is 0 Å². The summed E-state index contributed by atoms with van der Waals surface area (Å²) in [4.78, 5) is 9.58. The Hall–Kier alpha value is -1.78. The molecular formula is C16H17N3S. The minimum atomic E-state index is 0.322. The van der Waals surface area contributed by atoms with E-state index >= 15 is 0 Å². The maximum atomic E-state index is 4.24. The fourth-order valence-electron chi connectivity index (χ4n) is 2.38. The van der Waals surface area contributed by atoms with Crippen LogP contribution in [0.1, 0.15) is 29.1 Å². The van der Waals surface area contributed by atoms with E-state index in [0.717, 1.165) is 12.2 Å². The molecule has 0 bridgehead atoms. The zero-order chi connectivity index (χ0) is 13.9. The Labute approximate surface area is 122 Å². The van der Waals surface area contributed by atoms with Gasteiger partial charge in [-0.1, -0.05) is 18.2 Å². The van der Waals surface area contributed by atoms with Gasteiger partial charge in [-0.15, -0.1) is 11.3 Å². The van der Waals surface area contributed by atoms with Crippen LogP contribution >= 0.6 is 11.3 Å². The van der Waals surface area contributed by atoms with Crippen LogP contribution in [-0.4, -0.2) is 9.97 Å². The largest absolute Gasteiger partial charge is 0.304 e. The lowest BCUT2D eigenvalue weighted by Gasteiger charge is -2.13. The van der Waals surface area contributed by atoms with Crippen LogP contribution < -0.4 is 5.32 Å². The summed E-state index contributed by atoms with van der Waals surface area (Å²) in [5.41, 5.74) is 2.40. The molecule has 0 saturated heterocycles. The van der Waals surface area contributed by atoms with Crippen molar-refractivity contribution in [2.24, 2.45) is 0 Å². The van der Waals surface area contributed by atoms with Crippen molar-refractivity contribution in [1.82, 2.24) is 15.3 Å². The molecule has 1 unspecified atom stereocenters. The first-order valence-electron chi connectivity index (χ1n) is 6.72. The molecular weight excluding hydrogens is 266 g/mol. The highest BCUT2D eigenvalue weighted by Gasteiger charge is 2.13. The maximum absolute atomic E-state index is 4.24. The molecule has 1 aromatic carbocycles. The van der Waals surface area contributed by atoms with Crippen LogP contribution in [0.4, 0.5) is 0 Å². The third-order valence-electron chi connectivity index (χ3n) is 3.51. The molecule has 0 aliphatic rings. The summed E-state index contributed by atoms with van der Waals surface area (Å²) in [5, 5.41) is 4.90. The fraction of sp³-hybridized carbons (Fsp3) is 0.250. The summed E-state index contributed by atoms with van der Waals surface area (Å²) < 4.78 is 1.36. The zero-order valence-electron chi connectivity index (χ0n) is 11.6. The average molecular weight is 283 g/mol. The summed E-state index contributed by atoms with van der Waals surface area (Å²) in [7, 11) is 0. The summed E-state index contributed by atoms with van der Waals surface area (Å²) in [5.74, 6) is 0. The molecule has 1 N–H and O–H groups in total. The number of hydrogen-bond donors (Lipinski definition) is 1. The van der Waals surface area contributed by atoms with E-state index in [1.165, 1.54) is 20.5 Å². The molecule has 2 heterocycles. The molecule has 0 saturated carbocycles. The van der Waals surface area contributed by atoms with Gasteiger partial charge in [0, 0.05) is 28.4 Å². The molecule has 3 rings (SSSR count). The molecule has 4 heteroatoms. The standard InChI is InChI=1S/C16H17N3S/c1-11-14-5-3-4-6-15(14)20-16(11)12(2)18-9-13-7-8-17-10-19-13/h3-8,10,12,18H,9H2,1-2H3. The molecule has 3 aromatic rings. The fourth-order valence-corrected chi connectivity index (χ4v) is 3.62. The number of thiophene rings is 1. The topological polar surface area (TPSA) is 37.8 Å². The number of rotatable bonds is 4. The number of benzene rings is 1. The second-order valence-electron chi connectivity index (χ2n) is 4.89. The predicted octanol–water partition coefficient (Wildman–Crippen LogP) is 3.85. The zero-order valence-corrected chi connectivity index (χ0v) is 12.4. The first-order valence-corrected chi connectivity index (χ1v) is 7.53. The quantitative estimate of drug-likeness (QED) is 0.790. The Kier molecular flexibility index (Phi) is 3.76. The van der Waals surface area contributed by atoms with Crippen LogP contribution in [-0.2, 0) is 6.54 Å². The SMILES string of the molecule is Cc1c(C(C)NCc2ccncn2)sc2ccccc12. The smallest absolute Gasteiger partial charge is 0.115 e. The van der Waals surface area contributed by atoms with Gasteiger partial charge < -0.3 is 5.32 Å². The van der Waals surface area contributed by atoms with Crippen molar-refractivity contribution in [3.63, 3.8) is 0 Å². The van der Waals surface area contributed by atoms with Crippen molar-refractivity contribution in [3.05, 3.63) is 59.0 Å². The minimum absolute atomic E-state index is 0.322. The summed E-state index contributed by atoms with van der Waals surface area (Å²) in [6.45, 7) is 5.17. The number of hydrogen-bond acceptors (Lipinski definition) is 4. The lowest BCUT2D eigenvalue weighted by molar-refractivity contribution is 0.573. The molecule has 0 amide bonds. The van der Waals surface area contributed by atoms with Gasteiger partial charge in [-0.05, 0) is 36.9 Å². The number of aryl methyl sites for hydroxylation is 1. The Bertz CT molecular complexity index is 706. The summed E-state index contributed by atoms with van der Waals surface area (Å²) >= 11 is 1.87. The third-order valence-corrected chi connectivity index (χ3v) is 4.96. The lowest BCUT2D eigenvalue weighted by atomic mass is 10.1. The van der Waals surface area contributed by atoms with Crippen LogP contribution in [0.2, 0.25) is 0 Å². The Morgan fingerprint density at radius 1 is 1.25 bits per heavy atom. The molecule has 2 aromatic heterocycles. The van der Waals surface area contributed by atoms with Crippen LogP contribution in [0.15, 0.2) is 42.9 Å². The molecule has 1 atom stereocenters. The second kappa shape index (κ2) is 5.69. The van der Waals surface area contributed by atoms with Gasteiger partial charge in [-0.25, -0.2) is 9.97 Å². The highest BCUT2D eigenvalue weighted by Crippen LogP contribution is 2.34. The van der Waals surface area contributed by atoms with Crippen molar-refractivity contribution in [2.45, 2.75) is 26.4 Å². The van der Waals surface area contributed by atoms with E-state index in [4.69, 9.17) is 0 Å². The molecule has 0 spiro atoms. The monoisotopic (exact) mass is 283 g/mol. The first kappa shape index (κ1) is 13.2. The Morgan fingerprint density at radius 2 is 2.10 bits per heavy atom. The Balaban J connectivity index is 1.79. The van der Waals surface area contributed by atoms with Gasteiger partial charge in [0.1, 0.15) is 6.33 Å². The van der Waals surface area contributed by atoms with Gasteiger partial charge in [0.2, 0.25) is 0 Å². The normalized spacial score (nSPS) is 12.7. The maximum Gasteiger partial charge on any atom is 0.115 e. The average Bonchev–Trinajstić information content (AvgIpc) is 2.84. The molecule has 20 heavy (non-hydrogen) atoms. The van der Waals surface area contributed by atoms with Gasteiger partial charge >= 0.3 is 0 Å². The first-order chi connectivity index (χ1) is 9.75. The van der Waals surface area contributed by atoms with Gasteiger partial charge in [0.25, 0.3) is 0 Å². The van der Waals surface area contributed by atoms with E-state index < -0.39 is 0 Å². The second-order valence-corrected chi connectivity index (χ2v) is 5.97. The van der Waals surface area contributed by atoms with Gasteiger partial charge in [0.05, 0.1) is 5.69 Å². The van der Waals surface area contributed by atoms with Crippen LogP contribution in [0, 0.1) is 6.92 Å². The van der Waals surface area contributed by atoms with Gasteiger partial charge in [-0.3, -0.25) is 0 Å². The molecule has 3 nitrogen and oxygen atoms in total. The minimum Gasteiger partial charge on any atom is -0.304 e.